The summed E-state index contributed by atoms with van der Waals surface area (Å²) in [6, 6.07) is 5.08. The van der Waals surface area contributed by atoms with Crippen LogP contribution in [0.25, 0.3) is 11.0 Å². The van der Waals surface area contributed by atoms with Crippen molar-refractivity contribution in [3.05, 3.63) is 24.0 Å². The summed E-state index contributed by atoms with van der Waals surface area (Å²) in [6.45, 7) is 5.68. The molecule has 1 aliphatic heterocycles. The summed E-state index contributed by atoms with van der Waals surface area (Å²) in [6.07, 6.45) is 2.57. The van der Waals surface area contributed by atoms with Crippen LogP contribution in [0.15, 0.2) is 23.1 Å². The predicted octanol–water partition coefficient (Wildman–Crippen LogP) is 2.48. The number of esters is 1. The van der Waals surface area contributed by atoms with Crippen molar-refractivity contribution in [1.29, 1.82) is 0 Å². The molecule has 9 nitrogen and oxygen atoms in total. The van der Waals surface area contributed by atoms with Crippen molar-refractivity contribution in [3.8, 4) is 0 Å². The topological polar surface area (TPSA) is 102 Å². The van der Waals surface area contributed by atoms with Gasteiger partial charge in [0.05, 0.1) is 22.3 Å². The molecule has 1 aromatic heterocycles. The second kappa shape index (κ2) is 9.80. The first kappa shape index (κ1) is 25.2. The van der Waals surface area contributed by atoms with Crippen molar-refractivity contribution in [2.75, 3.05) is 14.1 Å². The number of likely N-dealkylation sites (tertiary alicyclic amines) is 1. The quantitative estimate of drug-likeness (QED) is 0.567. The van der Waals surface area contributed by atoms with E-state index in [1.54, 1.807) is 19.1 Å². The van der Waals surface area contributed by atoms with E-state index in [1.807, 2.05) is 30.4 Å². The Morgan fingerprint density at radius 3 is 2.45 bits per heavy atom. The summed E-state index contributed by atoms with van der Waals surface area (Å²) in [5, 5.41) is 0. The lowest BCUT2D eigenvalue weighted by Crippen LogP contribution is -2.51. The zero-order valence-electron chi connectivity index (χ0n) is 20.2. The van der Waals surface area contributed by atoms with Crippen LogP contribution >= 0.6 is 0 Å². The van der Waals surface area contributed by atoms with Crippen LogP contribution in [0.3, 0.4) is 0 Å². The van der Waals surface area contributed by atoms with E-state index in [-0.39, 0.29) is 29.3 Å². The highest BCUT2D eigenvalue weighted by atomic mass is 32.2. The number of imidazole rings is 1. The van der Waals surface area contributed by atoms with Gasteiger partial charge in [-0.2, -0.15) is 0 Å². The van der Waals surface area contributed by atoms with Crippen LogP contribution in [0.1, 0.15) is 52.3 Å². The maximum atomic E-state index is 12.8. The van der Waals surface area contributed by atoms with Gasteiger partial charge >= 0.3 is 5.97 Å². The minimum Gasteiger partial charge on any atom is -0.453 e. The fraction of sp³-hybridized carbons (Fsp3) is 0.609. The lowest BCUT2D eigenvalue weighted by molar-refractivity contribution is -0.162. The molecule has 0 radical (unpaired) electrons. The number of carbonyl (C=O) groups is 2. The summed E-state index contributed by atoms with van der Waals surface area (Å²) < 4.78 is 33.2. The molecule has 0 bridgehead atoms. The lowest BCUT2D eigenvalue weighted by Gasteiger charge is -2.40. The van der Waals surface area contributed by atoms with Crippen LogP contribution in [0.4, 0.5) is 0 Å². The first-order chi connectivity index (χ1) is 15.4. The third kappa shape index (κ3) is 5.22. The van der Waals surface area contributed by atoms with E-state index in [0.29, 0.717) is 17.8 Å². The van der Waals surface area contributed by atoms with Gasteiger partial charge in [-0.1, -0.05) is 0 Å². The van der Waals surface area contributed by atoms with Crippen LogP contribution in [-0.4, -0.2) is 71.3 Å². The van der Waals surface area contributed by atoms with Crippen molar-refractivity contribution in [2.45, 2.75) is 76.0 Å². The van der Waals surface area contributed by atoms with E-state index in [4.69, 9.17) is 4.74 Å². The summed E-state index contributed by atoms with van der Waals surface area (Å²) in [5.74, 6) is 0.0233. The summed E-state index contributed by atoms with van der Waals surface area (Å²) in [7, 11) is 1.22. The number of sulfonamides is 1. The first-order valence-corrected chi connectivity index (χ1v) is 12.8. The monoisotopic (exact) mass is 478 g/mol. The number of rotatable bonds is 7. The number of nitrogens with zero attached hydrogens (tertiary/aromatic N) is 4. The van der Waals surface area contributed by atoms with Crippen LogP contribution in [0, 0.1) is 0 Å². The summed E-state index contributed by atoms with van der Waals surface area (Å²) >= 11 is 0. The van der Waals surface area contributed by atoms with E-state index in [1.165, 1.54) is 20.2 Å². The minimum atomic E-state index is -3.56. The SMILES string of the molecule is C[C@H](OC(=O)CCc1nc2cc(S(=O)(=O)N(C)C)ccc2n1C)C(=O)N1[C@@H](C)CCC[C@@H]1C. The number of carbonyl (C=O) groups excluding carboxylic acids is 2. The average Bonchev–Trinajstić information content (AvgIpc) is 3.06. The molecule has 1 fully saturated rings. The molecule has 182 valence electrons. The van der Waals surface area contributed by atoms with Crippen molar-refractivity contribution < 1.29 is 22.7 Å². The fourth-order valence-corrected chi connectivity index (χ4v) is 5.33. The normalized spacial score (nSPS) is 20.3. The van der Waals surface area contributed by atoms with Crippen LogP contribution < -0.4 is 0 Å². The number of aromatic nitrogens is 2. The van der Waals surface area contributed by atoms with Crippen molar-refractivity contribution in [1.82, 2.24) is 18.8 Å². The third-order valence-corrected chi connectivity index (χ3v) is 8.19. The summed E-state index contributed by atoms with van der Waals surface area (Å²) in [4.78, 5) is 31.8. The van der Waals surface area contributed by atoms with Gasteiger partial charge in [0.1, 0.15) is 5.82 Å². The number of aryl methyl sites for hydroxylation is 2. The standard InChI is InChI=1S/C23H34N4O5S/c1-15-8-7-9-16(2)27(15)23(29)17(3)32-22(28)13-12-21-24-19-14-18(33(30,31)25(4)5)10-11-20(19)26(21)6/h10-11,14-17H,7-9,12-13H2,1-6H3/t15-,16-,17-/m0/s1. The predicted molar refractivity (Wildman–Crippen MR) is 125 cm³/mol. The Balaban J connectivity index is 1.65. The second-order valence-electron chi connectivity index (χ2n) is 9.03. The molecular formula is C23H34N4O5S. The Hall–Kier alpha value is -2.46. The zero-order chi connectivity index (χ0) is 24.5. The largest absolute Gasteiger partial charge is 0.453 e. The van der Waals surface area contributed by atoms with Gasteiger partial charge in [0, 0.05) is 39.6 Å². The highest BCUT2D eigenvalue weighted by Gasteiger charge is 2.33. The van der Waals surface area contributed by atoms with Crippen molar-refractivity contribution in [3.63, 3.8) is 0 Å². The summed E-state index contributed by atoms with van der Waals surface area (Å²) in [5.41, 5.74) is 1.31. The van der Waals surface area contributed by atoms with Gasteiger partial charge in [0.2, 0.25) is 10.0 Å². The molecule has 0 unspecified atom stereocenters. The van der Waals surface area contributed by atoms with Gasteiger partial charge in [-0.3, -0.25) is 9.59 Å². The maximum absolute atomic E-state index is 12.8. The fourth-order valence-electron chi connectivity index (χ4n) is 4.41. The van der Waals surface area contributed by atoms with E-state index in [9.17, 15) is 18.0 Å². The molecule has 2 heterocycles. The number of fused-ring (bicyclic) bond motifs is 1. The van der Waals surface area contributed by atoms with Crippen LogP contribution in [0.2, 0.25) is 0 Å². The first-order valence-electron chi connectivity index (χ1n) is 11.3. The highest BCUT2D eigenvalue weighted by Crippen LogP contribution is 2.24. The molecule has 1 aliphatic rings. The molecule has 0 spiro atoms. The smallest absolute Gasteiger partial charge is 0.307 e. The number of piperidine rings is 1. The number of ether oxygens (including phenoxy) is 1. The Bertz CT molecular complexity index is 1130. The molecule has 1 aromatic carbocycles. The number of benzene rings is 1. The number of hydrogen-bond acceptors (Lipinski definition) is 6. The highest BCUT2D eigenvalue weighted by molar-refractivity contribution is 7.89. The third-order valence-electron chi connectivity index (χ3n) is 6.38. The minimum absolute atomic E-state index is 0.0722. The van der Waals surface area contributed by atoms with Gasteiger partial charge in [-0.25, -0.2) is 17.7 Å². The molecule has 3 rings (SSSR count). The van der Waals surface area contributed by atoms with Gasteiger partial charge in [0.15, 0.2) is 6.10 Å². The molecular weight excluding hydrogens is 444 g/mol. The van der Waals surface area contributed by atoms with Gasteiger partial charge in [-0.15, -0.1) is 0 Å². The Labute approximate surface area is 195 Å². The Kier molecular flexibility index (Phi) is 7.48. The maximum Gasteiger partial charge on any atom is 0.307 e. The van der Waals surface area contributed by atoms with Gasteiger partial charge in [-0.05, 0) is 58.2 Å². The molecule has 10 heteroatoms. The van der Waals surface area contributed by atoms with Gasteiger partial charge < -0.3 is 14.2 Å². The van der Waals surface area contributed by atoms with E-state index in [2.05, 4.69) is 4.98 Å². The molecule has 0 N–H and O–H groups in total. The van der Waals surface area contributed by atoms with Crippen LogP contribution in [0.5, 0.6) is 0 Å². The molecule has 1 saturated heterocycles. The van der Waals surface area contributed by atoms with E-state index in [0.717, 1.165) is 29.1 Å². The van der Waals surface area contributed by atoms with Gasteiger partial charge in [0.25, 0.3) is 5.91 Å². The lowest BCUT2D eigenvalue weighted by atomic mass is 9.97. The van der Waals surface area contributed by atoms with E-state index >= 15 is 0 Å². The van der Waals surface area contributed by atoms with E-state index < -0.39 is 22.1 Å². The zero-order valence-corrected chi connectivity index (χ0v) is 21.1. The molecule has 3 atom stereocenters. The van der Waals surface area contributed by atoms with Crippen molar-refractivity contribution >= 4 is 32.9 Å². The molecule has 0 saturated carbocycles. The molecule has 33 heavy (non-hydrogen) atoms. The molecule has 0 aliphatic carbocycles. The average molecular weight is 479 g/mol. The van der Waals surface area contributed by atoms with Crippen LogP contribution in [-0.2, 0) is 37.8 Å². The molecule has 2 aromatic rings. The van der Waals surface area contributed by atoms with Crippen molar-refractivity contribution in [2.24, 2.45) is 7.05 Å². The number of hydrogen-bond donors (Lipinski definition) is 0. The molecule has 1 amide bonds. The number of amides is 1. The Morgan fingerprint density at radius 1 is 1.21 bits per heavy atom. The Morgan fingerprint density at radius 2 is 1.85 bits per heavy atom. The second-order valence-corrected chi connectivity index (χ2v) is 11.2.